The second kappa shape index (κ2) is 8.04. The standard InChI is InChI=1S/C19H23ClN8O2/c1-10-4-22-14(11(2)16(10)30-3)8-27-5-12(6-28-7-13(9-29)25-26-28)15-17(20)23-19(21)24-18(15)27/h4,7,12,29H,5-6,8-9H2,1-3H3,(H2,21,23,24). The fourth-order valence-corrected chi connectivity index (χ4v) is 4.23. The summed E-state index contributed by atoms with van der Waals surface area (Å²) in [5, 5.41) is 17.6. The van der Waals surface area contributed by atoms with E-state index in [4.69, 9.17) is 22.1 Å². The number of rotatable bonds is 6. The Hall–Kier alpha value is -2.98. The summed E-state index contributed by atoms with van der Waals surface area (Å²) < 4.78 is 7.23. The van der Waals surface area contributed by atoms with Gasteiger partial charge in [0.15, 0.2) is 0 Å². The third kappa shape index (κ3) is 3.63. The van der Waals surface area contributed by atoms with Gasteiger partial charge >= 0.3 is 0 Å². The van der Waals surface area contributed by atoms with E-state index in [-0.39, 0.29) is 18.5 Å². The molecule has 0 radical (unpaired) electrons. The van der Waals surface area contributed by atoms with Gasteiger partial charge < -0.3 is 20.5 Å². The van der Waals surface area contributed by atoms with Crippen molar-refractivity contribution in [3.05, 3.63) is 45.6 Å². The van der Waals surface area contributed by atoms with Gasteiger partial charge in [-0.3, -0.25) is 9.67 Å². The van der Waals surface area contributed by atoms with Crippen LogP contribution in [0.15, 0.2) is 12.4 Å². The summed E-state index contributed by atoms with van der Waals surface area (Å²) in [6.07, 6.45) is 3.52. The van der Waals surface area contributed by atoms with Crippen LogP contribution in [0.5, 0.6) is 5.75 Å². The molecule has 4 heterocycles. The lowest BCUT2D eigenvalue weighted by Crippen LogP contribution is -2.25. The number of halogens is 1. The first-order valence-electron chi connectivity index (χ1n) is 9.48. The SMILES string of the molecule is COc1c(C)cnc(CN2CC(Cn3cc(CO)nn3)c3c(Cl)nc(N)nc32)c1C. The highest BCUT2D eigenvalue weighted by Crippen LogP contribution is 2.41. The van der Waals surface area contributed by atoms with Crippen molar-refractivity contribution in [1.29, 1.82) is 0 Å². The van der Waals surface area contributed by atoms with E-state index in [2.05, 4.69) is 30.2 Å². The highest BCUT2D eigenvalue weighted by molar-refractivity contribution is 6.30. The van der Waals surface area contributed by atoms with E-state index in [0.717, 1.165) is 28.1 Å². The second-order valence-electron chi connectivity index (χ2n) is 7.32. The molecule has 0 aromatic carbocycles. The summed E-state index contributed by atoms with van der Waals surface area (Å²) in [7, 11) is 1.66. The minimum atomic E-state index is -0.159. The average molecular weight is 431 g/mol. The first-order chi connectivity index (χ1) is 14.4. The molecular weight excluding hydrogens is 408 g/mol. The van der Waals surface area contributed by atoms with Crippen molar-refractivity contribution < 1.29 is 9.84 Å². The number of aromatic nitrogens is 6. The molecule has 158 valence electrons. The molecule has 0 spiro atoms. The maximum atomic E-state index is 9.24. The van der Waals surface area contributed by atoms with Crippen LogP contribution >= 0.6 is 11.6 Å². The number of hydrogen-bond acceptors (Lipinski definition) is 9. The lowest BCUT2D eigenvalue weighted by molar-refractivity contribution is 0.276. The van der Waals surface area contributed by atoms with Gasteiger partial charge in [0.05, 0.1) is 38.7 Å². The van der Waals surface area contributed by atoms with Gasteiger partial charge in [-0.05, 0) is 13.8 Å². The number of nitrogens with two attached hydrogens (primary N) is 1. The molecule has 0 amide bonds. The fraction of sp³-hybridized carbons (Fsp3) is 0.421. The number of fused-ring (bicyclic) bond motifs is 1. The van der Waals surface area contributed by atoms with Gasteiger partial charge in [-0.25, -0.2) is 4.98 Å². The average Bonchev–Trinajstić information content (AvgIpc) is 3.29. The molecule has 4 rings (SSSR count). The Morgan fingerprint density at radius 3 is 2.83 bits per heavy atom. The summed E-state index contributed by atoms with van der Waals surface area (Å²) >= 11 is 6.46. The first-order valence-corrected chi connectivity index (χ1v) is 9.85. The van der Waals surface area contributed by atoms with Gasteiger partial charge in [-0.15, -0.1) is 5.10 Å². The maximum absolute atomic E-state index is 9.24. The normalized spacial score (nSPS) is 15.5. The molecule has 10 nitrogen and oxygen atoms in total. The van der Waals surface area contributed by atoms with Crippen molar-refractivity contribution in [1.82, 2.24) is 29.9 Å². The van der Waals surface area contributed by atoms with Crippen molar-refractivity contribution in [2.45, 2.75) is 39.5 Å². The molecule has 0 fully saturated rings. The molecule has 11 heteroatoms. The third-order valence-corrected chi connectivity index (χ3v) is 5.58. The predicted octanol–water partition coefficient (Wildman–Crippen LogP) is 1.62. The molecule has 0 aliphatic carbocycles. The Kier molecular flexibility index (Phi) is 5.44. The summed E-state index contributed by atoms with van der Waals surface area (Å²) in [6.45, 7) is 5.49. The predicted molar refractivity (Wildman–Crippen MR) is 111 cm³/mol. The summed E-state index contributed by atoms with van der Waals surface area (Å²) in [6, 6.07) is 0. The number of anilines is 2. The van der Waals surface area contributed by atoms with E-state index < -0.39 is 0 Å². The molecule has 3 N–H and O–H groups in total. The largest absolute Gasteiger partial charge is 0.496 e. The minimum absolute atomic E-state index is 0.0195. The van der Waals surface area contributed by atoms with Gasteiger partial charge in [0, 0.05) is 35.3 Å². The number of aliphatic hydroxyl groups excluding tert-OH is 1. The Balaban J connectivity index is 1.67. The zero-order valence-electron chi connectivity index (χ0n) is 17.0. The number of ether oxygens (including phenoxy) is 1. The van der Waals surface area contributed by atoms with E-state index in [0.29, 0.717) is 36.3 Å². The minimum Gasteiger partial charge on any atom is -0.496 e. The smallest absolute Gasteiger partial charge is 0.223 e. The first kappa shape index (κ1) is 20.3. The van der Waals surface area contributed by atoms with E-state index in [1.807, 2.05) is 20.0 Å². The van der Waals surface area contributed by atoms with Crippen molar-refractivity contribution in [3.8, 4) is 5.75 Å². The molecule has 1 unspecified atom stereocenters. The molecule has 30 heavy (non-hydrogen) atoms. The maximum Gasteiger partial charge on any atom is 0.223 e. The van der Waals surface area contributed by atoms with Crippen LogP contribution in [0.4, 0.5) is 11.8 Å². The molecule has 0 saturated heterocycles. The van der Waals surface area contributed by atoms with Crippen LogP contribution in [0.3, 0.4) is 0 Å². The summed E-state index contributed by atoms with van der Waals surface area (Å²) in [4.78, 5) is 15.3. The molecule has 0 bridgehead atoms. The van der Waals surface area contributed by atoms with Crippen molar-refractivity contribution in [3.63, 3.8) is 0 Å². The van der Waals surface area contributed by atoms with Crippen molar-refractivity contribution in [2.24, 2.45) is 0 Å². The highest BCUT2D eigenvalue weighted by Gasteiger charge is 2.34. The van der Waals surface area contributed by atoms with Crippen LogP contribution in [0.25, 0.3) is 0 Å². The van der Waals surface area contributed by atoms with Crippen LogP contribution in [0.2, 0.25) is 5.15 Å². The van der Waals surface area contributed by atoms with E-state index in [1.54, 1.807) is 18.0 Å². The number of pyridine rings is 1. The third-order valence-electron chi connectivity index (χ3n) is 5.29. The molecule has 1 atom stereocenters. The number of aliphatic hydroxyl groups is 1. The van der Waals surface area contributed by atoms with Gasteiger partial charge in [-0.1, -0.05) is 16.8 Å². The van der Waals surface area contributed by atoms with Gasteiger partial charge in [-0.2, -0.15) is 4.98 Å². The lowest BCUT2D eigenvalue weighted by Gasteiger charge is -2.21. The Labute approximate surface area is 178 Å². The van der Waals surface area contributed by atoms with Crippen LogP contribution in [0.1, 0.15) is 34.0 Å². The molecular formula is C19H23ClN8O2. The van der Waals surface area contributed by atoms with Crippen LogP contribution in [-0.4, -0.2) is 48.7 Å². The molecule has 0 saturated carbocycles. The van der Waals surface area contributed by atoms with E-state index >= 15 is 0 Å². The van der Waals surface area contributed by atoms with E-state index in [9.17, 15) is 5.11 Å². The quantitative estimate of drug-likeness (QED) is 0.560. The van der Waals surface area contributed by atoms with Crippen LogP contribution in [0, 0.1) is 13.8 Å². The number of nitrogen functional groups attached to an aromatic ring is 1. The van der Waals surface area contributed by atoms with Crippen LogP contribution in [-0.2, 0) is 19.7 Å². The Morgan fingerprint density at radius 1 is 1.33 bits per heavy atom. The van der Waals surface area contributed by atoms with Crippen molar-refractivity contribution >= 4 is 23.4 Å². The van der Waals surface area contributed by atoms with Gasteiger partial charge in [0.25, 0.3) is 0 Å². The summed E-state index contributed by atoms with van der Waals surface area (Å²) in [5.41, 5.74) is 10.1. The van der Waals surface area contributed by atoms with Crippen molar-refractivity contribution in [2.75, 3.05) is 24.3 Å². The van der Waals surface area contributed by atoms with Gasteiger partial charge in [0.1, 0.15) is 22.4 Å². The Bertz CT molecular complexity index is 1090. The number of hydrogen-bond donors (Lipinski definition) is 2. The van der Waals surface area contributed by atoms with E-state index in [1.165, 1.54) is 0 Å². The topological polar surface area (TPSA) is 128 Å². The number of nitrogens with zero attached hydrogens (tertiary/aromatic N) is 7. The molecule has 3 aromatic heterocycles. The monoisotopic (exact) mass is 430 g/mol. The molecule has 1 aliphatic rings. The number of methoxy groups -OCH3 is 1. The summed E-state index contributed by atoms with van der Waals surface area (Å²) in [5.74, 6) is 1.63. The highest BCUT2D eigenvalue weighted by atomic mass is 35.5. The van der Waals surface area contributed by atoms with Gasteiger partial charge in [0.2, 0.25) is 5.95 Å². The fourth-order valence-electron chi connectivity index (χ4n) is 3.91. The molecule has 1 aliphatic heterocycles. The Morgan fingerprint density at radius 2 is 2.13 bits per heavy atom. The zero-order valence-corrected chi connectivity index (χ0v) is 17.8. The molecule has 3 aromatic rings. The van der Waals surface area contributed by atoms with Crippen LogP contribution < -0.4 is 15.4 Å². The zero-order chi connectivity index (χ0) is 21.4. The lowest BCUT2D eigenvalue weighted by atomic mass is 10.1. The number of aryl methyl sites for hydroxylation is 1. The second-order valence-corrected chi connectivity index (χ2v) is 7.68.